The van der Waals surface area contributed by atoms with Crippen molar-refractivity contribution in [1.82, 2.24) is 0 Å². The van der Waals surface area contributed by atoms with Crippen molar-refractivity contribution in [2.75, 3.05) is 24.3 Å². The maximum atomic E-state index is 12.5. The number of allylic oxidation sites excluding steroid dienone is 1. The van der Waals surface area contributed by atoms with Gasteiger partial charge in [-0.05, 0) is 71.5 Å². The third-order valence-corrected chi connectivity index (χ3v) is 5.16. The molecular weight excluding hydrogens is 344 g/mol. The first-order chi connectivity index (χ1) is 13.6. The number of fused-ring (bicyclic) bond motifs is 1. The minimum Gasteiger partial charge on any atom is -0.378 e. The van der Waals surface area contributed by atoms with Gasteiger partial charge in [0, 0.05) is 31.0 Å². The second kappa shape index (κ2) is 7.73. The van der Waals surface area contributed by atoms with E-state index < -0.39 is 0 Å². The molecule has 0 bridgehead atoms. The fourth-order valence-electron chi connectivity index (χ4n) is 3.57. The summed E-state index contributed by atoms with van der Waals surface area (Å²) >= 11 is 0. The molecule has 0 spiro atoms. The largest absolute Gasteiger partial charge is 0.378 e. The number of benzene rings is 3. The Hall–Kier alpha value is -3.33. The van der Waals surface area contributed by atoms with E-state index in [1.54, 1.807) is 0 Å². The first-order valence-electron chi connectivity index (χ1n) is 9.59. The second-order valence-electron chi connectivity index (χ2n) is 7.29. The summed E-state index contributed by atoms with van der Waals surface area (Å²) in [5.41, 5.74) is 7.64. The molecule has 0 atom stereocenters. The van der Waals surface area contributed by atoms with Crippen LogP contribution in [0.5, 0.6) is 0 Å². The third kappa shape index (κ3) is 3.70. The highest BCUT2D eigenvalue weighted by Crippen LogP contribution is 2.31. The van der Waals surface area contributed by atoms with Crippen LogP contribution in [0.4, 0.5) is 11.4 Å². The van der Waals surface area contributed by atoms with Crippen molar-refractivity contribution in [2.24, 2.45) is 0 Å². The van der Waals surface area contributed by atoms with Gasteiger partial charge in [-0.1, -0.05) is 42.5 Å². The molecule has 0 radical (unpaired) electrons. The topological polar surface area (TPSA) is 32.3 Å². The van der Waals surface area contributed by atoms with Crippen LogP contribution in [0, 0.1) is 0 Å². The zero-order valence-corrected chi connectivity index (χ0v) is 16.3. The van der Waals surface area contributed by atoms with Gasteiger partial charge in [-0.25, -0.2) is 0 Å². The van der Waals surface area contributed by atoms with Gasteiger partial charge in [-0.15, -0.1) is 0 Å². The minimum absolute atomic E-state index is 0.0990. The number of amides is 1. The van der Waals surface area contributed by atoms with Crippen LogP contribution in [0.25, 0.3) is 17.2 Å². The maximum absolute atomic E-state index is 12.5. The van der Waals surface area contributed by atoms with Gasteiger partial charge in [0.05, 0.1) is 0 Å². The number of rotatable bonds is 4. The van der Waals surface area contributed by atoms with Crippen molar-refractivity contribution in [3.8, 4) is 11.1 Å². The number of anilines is 2. The van der Waals surface area contributed by atoms with Crippen molar-refractivity contribution >= 4 is 23.4 Å². The van der Waals surface area contributed by atoms with Crippen molar-refractivity contribution in [2.45, 2.75) is 12.8 Å². The van der Waals surface area contributed by atoms with Gasteiger partial charge in [0.15, 0.2) is 0 Å². The Kier molecular flexibility index (Phi) is 4.98. The number of hydrogen-bond donors (Lipinski definition) is 1. The van der Waals surface area contributed by atoms with Crippen molar-refractivity contribution in [3.05, 3.63) is 89.5 Å². The minimum atomic E-state index is -0.0990. The molecule has 1 aliphatic carbocycles. The molecule has 3 heteroatoms. The summed E-state index contributed by atoms with van der Waals surface area (Å²) in [5, 5.41) is 2.98. The number of carbonyl (C=O) groups is 1. The molecule has 28 heavy (non-hydrogen) atoms. The number of nitrogens with one attached hydrogen (secondary N) is 1. The zero-order chi connectivity index (χ0) is 19.5. The molecule has 3 aromatic carbocycles. The van der Waals surface area contributed by atoms with Crippen LogP contribution in [0.1, 0.15) is 27.9 Å². The zero-order valence-electron chi connectivity index (χ0n) is 16.3. The lowest BCUT2D eigenvalue weighted by atomic mass is 9.90. The Bertz CT molecular complexity index is 1020. The lowest BCUT2D eigenvalue weighted by molar-refractivity contribution is 0.102. The lowest BCUT2D eigenvalue weighted by Gasteiger charge is -2.15. The summed E-state index contributed by atoms with van der Waals surface area (Å²) in [6.07, 6.45) is 6.67. The molecule has 1 amide bonds. The number of carbonyl (C=O) groups excluding carboxylic acids is 1. The first-order valence-corrected chi connectivity index (χ1v) is 9.59. The lowest BCUT2D eigenvalue weighted by Crippen LogP contribution is -2.13. The molecular formula is C25H24N2O. The Morgan fingerprint density at radius 1 is 0.929 bits per heavy atom. The molecule has 0 saturated carbocycles. The van der Waals surface area contributed by atoms with E-state index in [1.807, 2.05) is 55.4 Å². The summed E-state index contributed by atoms with van der Waals surface area (Å²) in [6, 6.07) is 22.2. The summed E-state index contributed by atoms with van der Waals surface area (Å²) in [6.45, 7) is 0. The maximum Gasteiger partial charge on any atom is 0.255 e. The number of aryl methyl sites for hydroxylation is 1. The molecule has 3 aromatic rings. The molecule has 140 valence electrons. The van der Waals surface area contributed by atoms with Crippen LogP contribution >= 0.6 is 0 Å². The van der Waals surface area contributed by atoms with E-state index in [0.29, 0.717) is 5.56 Å². The number of hydrogen-bond acceptors (Lipinski definition) is 2. The average Bonchev–Trinajstić information content (AvgIpc) is 2.74. The van der Waals surface area contributed by atoms with E-state index in [4.69, 9.17) is 0 Å². The molecule has 0 aliphatic heterocycles. The first kappa shape index (κ1) is 18.1. The van der Waals surface area contributed by atoms with Gasteiger partial charge in [0.1, 0.15) is 0 Å². The average molecular weight is 368 g/mol. The highest BCUT2D eigenvalue weighted by molar-refractivity contribution is 6.04. The predicted octanol–water partition coefficient (Wildman–Crippen LogP) is 5.63. The summed E-state index contributed by atoms with van der Waals surface area (Å²) in [5.74, 6) is -0.0990. The highest BCUT2D eigenvalue weighted by atomic mass is 16.1. The van der Waals surface area contributed by atoms with Crippen molar-refractivity contribution in [3.63, 3.8) is 0 Å². The Morgan fingerprint density at radius 3 is 2.39 bits per heavy atom. The normalized spacial score (nSPS) is 12.4. The fourth-order valence-corrected chi connectivity index (χ4v) is 3.57. The summed E-state index contributed by atoms with van der Waals surface area (Å²) in [7, 11) is 3.96. The van der Waals surface area contributed by atoms with E-state index in [-0.39, 0.29) is 5.91 Å². The van der Waals surface area contributed by atoms with Crippen LogP contribution in [-0.2, 0) is 6.42 Å². The van der Waals surface area contributed by atoms with E-state index in [2.05, 4.69) is 47.8 Å². The van der Waals surface area contributed by atoms with Crippen molar-refractivity contribution < 1.29 is 4.79 Å². The SMILES string of the molecule is CN(C)c1ccc(C(=O)Nc2ccc(-c3cccc4c3C=CCC4)cc2)cc1. The Morgan fingerprint density at radius 2 is 1.68 bits per heavy atom. The standard InChI is InChI=1S/C25H24N2O/c1-27(2)22-16-12-20(13-17-22)25(28)26-21-14-10-19(11-15-21)24-9-5-7-18-6-3-4-8-23(18)24/h4-5,7-17H,3,6H2,1-2H3,(H,26,28). The van der Waals surface area contributed by atoms with Crippen LogP contribution in [0.15, 0.2) is 72.8 Å². The van der Waals surface area contributed by atoms with E-state index in [0.717, 1.165) is 29.8 Å². The molecule has 4 rings (SSSR count). The van der Waals surface area contributed by atoms with Gasteiger partial charge in [0.25, 0.3) is 5.91 Å². The molecule has 3 nitrogen and oxygen atoms in total. The molecule has 0 saturated heterocycles. The van der Waals surface area contributed by atoms with Crippen LogP contribution in [0.2, 0.25) is 0 Å². The van der Waals surface area contributed by atoms with Gasteiger partial charge >= 0.3 is 0 Å². The summed E-state index contributed by atoms with van der Waals surface area (Å²) < 4.78 is 0. The smallest absolute Gasteiger partial charge is 0.255 e. The number of nitrogens with zero attached hydrogens (tertiary/aromatic N) is 1. The van der Waals surface area contributed by atoms with Crippen molar-refractivity contribution in [1.29, 1.82) is 0 Å². The van der Waals surface area contributed by atoms with E-state index in [1.165, 1.54) is 16.7 Å². The van der Waals surface area contributed by atoms with Crippen LogP contribution < -0.4 is 10.2 Å². The highest BCUT2D eigenvalue weighted by Gasteiger charge is 2.11. The molecule has 0 fully saturated rings. The summed E-state index contributed by atoms with van der Waals surface area (Å²) in [4.78, 5) is 14.5. The molecule has 0 unspecified atom stereocenters. The predicted molar refractivity (Wildman–Crippen MR) is 118 cm³/mol. The van der Waals surface area contributed by atoms with Crippen LogP contribution in [-0.4, -0.2) is 20.0 Å². The molecule has 0 aromatic heterocycles. The Labute approximate surface area is 166 Å². The quantitative estimate of drug-likeness (QED) is 0.647. The van der Waals surface area contributed by atoms with E-state index >= 15 is 0 Å². The molecule has 0 heterocycles. The van der Waals surface area contributed by atoms with Gasteiger partial charge in [-0.3, -0.25) is 4.79 Å². The fraction of sp³-hybridized carbons (Fsp3) is 0.160. The third-order valence-electron chi connectivity index (χ3n) is 5.16. The van der Waals surface area contributed by atoms with Gasteiger partial charge in [-0.2, -0.15) is 0 Å². The van der Waals surface area contributed by atoms with Gasteiger partial charge in [0.2, 0.25) is 0 Å². The monoisotopic (exact) mass is 368 g/mol. The molecule has 1 aliphatic rings. The Balaban J connectivity index is 1.51. The van der Waals surface area contributed by atoms with Gasteiger partial charge < -0.3 is 10.2 Å². The van der Waals surface area contributed by atoms with E-state index in [9.17, 15) is 4.79 Å². The van der Waals surface area contributed by atoms with Crippen LogP contribution in [0.3, 0.4) is 0 Å². The molecule has 1 N–H and O–H groups in total. The second-order valence-corrected chi connectivity index (χ2v) is 7.29.